The van der Waals surface area contributed by atoms with Gasteiger partial charge in [-0.3, -0.25) is 4.79 Å². The molecule has 0 bridgehead atoms. The van der Waals surface area contributed by atoms with Gasteiger partial charge in [0, 0.05) is 5.57 Å². The van der Waals surface area contributed by atoms with E-state index >= 15 is 0 Å². The molecule has 1 saturated heterocycles. The second-order valence-corrected chi connectivity index (χ2v) is 8.57. The van der Waals surface area contributed by atoms with E-state index in [1.165, 1.54) is 0 Å². The van der Waals surface area contributed by atoms with Crippen LogP contribution >= 0.6 is 31.5 Å². The van der Waals surface area contributed by atoms with Crippen molar-refractivity contribution in [3.05, 3.63) is 11.6 Å². The second kappa shape index (κ2) is 5.83. The molecule has 94 valence electrons. The summed E-state index contributed by atoms with van der Waals surface area (Å²) in [6, 6.07) is 0. The van der Waals surface area contributed by atoms with Gasteiger partial charge in [-0.15, -0.1) is 22.4 Å². The summed E-state index contributed by atoms with van der Waals surface area (Å²) in [6.07, 6.45) is 2.96. The van der Waals surface area contributed by atoms with Crippen LogP contribution in [0.5, 0.6) is 0 Å². The first-order chi connectivity index (χ1) is 7.72. The van der Waals surface area contributed by atoms with Gasteiger partial charge in [0.05, 0.1) is 6.42 Å². The van der Waals surface area contributed by atoms with Crippen LogP contribution in [0.15, 0.2) is 11.6 Å². The van der Waals surface area contributed by atoms with Crippen molar-refractivity contribution in [1.29, 1.82) is 0 Å². The van der Waals surface area contributed by atoms with Gasteiger partial charge in [0.1, 0.15) is 0 Å². The molecule has 3 nitrogen and oxygen atoms in total. The maximum atomic E-state index is 11.3. The first kappa shape index (κ1) is 15.2. The Balaban J connectivity index is 2.67. The van der Waals surface area contributed by atoms with Crippen LogP contribution in [0.3, 0.4) is 0 Å². The Morgan fingerprint density at radius 3 is 2.59 bits per heavy atom. The van der Waals surface area contributed by atoms with Crippen molar-refractivity contribution < 1.29 is 14.3 Å². The number of carbonyl (C=O) groups is 2. The molecular formula is C11H17BIO3P. The summed E-state index contributed by atoms with van der Waals surface area (Å²) >= 11 is 2.39. The van der Waals surface area contributed by atoms with Crippen LogP contribution in [0.2, 0.25) is 5.31 Å². The normalized spacial score (nSPS) is 20.6. The minimum atomic E-state index is -0.475. The molecule has 2 unspecified atom stereocenters. The van der Waals surface area contributed by atoms with Crippen LogP contribution in [-0.4, -0.2) is 16.2 Å². The number of esters is 2. The lowest BCUT2D eigenvalue weighted by atomic mass is 9.66. The fourth-order valence-corrected chi connectivity index (χ4v) is 2.29. The minimum absolute atomic E-state index is 0.123. The van der Waals surface area contributed by atoms with Crippen molar-refractivity contribution in [1.82, 2.24) is 0 Å². The molecule has 0 amide bonds. The number of ether oxygens (including phenoxy) is 1. The quantitative estimate of drug-likeness (QED) is 0.192. The Bertz CT molecular complexity index is 366. The molecule has 0 radical (unpaired) electrons. The molecule has 1 heterocycles. The summed E-state index contributed by atoms with van der Waals surface area (Å²) in [7, 11) is 2.81. The lowest BCUT2D eigenvalue weighted by Crippen LogP contribution is -2.18. The van der Waals surface area contributed by atoms with Crippen molar-refractivity contribution in [3.63, 3.8) is 0 Å². The van der Waals surface area contributed by atoms with Crippen molar-refractivity contribution in [3.8, 4) is 0 Å². The molecule has 0 aromatic rings. The number of cyclic esters (lactones) is 2. The van der Waals surface area contributed by atoms with Crippen molar-refractivity contribution in [2.24, 2.45) is 5.92 Å². The largest absolute Gasteiger partial charge is 0.389 e. The van der Waals surface area contributed by atoms with Gasteiger partial charge in [0.25, 0.3) is 0 Å². The molecule has 0 aromatic heterocycles. The van der Waals surface area contributed by atoms with Crippen LogP contribution in [0.1, 0.15) is 33.6 Å². The third-order valence-corrected chi connectivity index (χ3v) is 5.47. The topological polar surface area (TPSA) is 43.4 Å². The number of allylic oxidation sites excluding steroid dienone is 1. The highest BCUT2D eigenvalue weighted by atomic mass is 127. The van der Waals surface area contributed by atoms with E-state index < -0.39 is 11.9 Å². The molecule has 1 aliphatic heterocycles. The maximum absolute atomic E-state index is 11.3. The average molecular weight is 366 g/mol. The van der Waals surface area contributed by atoms with E-state index in [1.54, 1.807) is 0 Å². The highest BCUT2D eigenvalue weighted by molar-refractivity contribution is 14.1. The van der Waals surface area contributed by atoms with Crippen LogP contribution in [-0.2, 0) is 14.3 Å². The zero-order valence-electron chi connectivity index (χ0n) is 10.3. The molecule has 17 heavy (non-hydrogen) atoms. The summed E-state index contributed by atoms with van der Waals surface area (Å²) in [4.78, 5) is 22.3. The molecule has 1 fully saturated rings. The van der Waals surface area contributed by atoms with Gasteiger partial charge < -0.3 is 4.74 Å². The first-order valence-corrected chi connectivity index (χ1v) is 7.49. The number of hydrogen-bond acceptors (Lipinski definition) is 3. The Morgan fingerprint density at radius 2 is 2.18 bits per heavy atom. The van der Waals surface area contributed by atoms with E-state index in [4.69, 9.17) is 0 Å². The van der Waals surface area contributed by atoms with E-state index in [1.807, 2.05) is 6.08 Å². The van der Waals surface area contributed by atoms with Crippen molar-refractivity contribution >= 4 is 47.7 Å². The first-order valence-electron chi connectivity index (χ1n) is 5.57. The molecule has 0 aromatic carbocycles. The van der Waals surface area contributed by atoms with Crippen LogP contribution in [0, 0.1) is 5.92 Å². The summed E-state index contributed by atoms with van der Waals surface area (Å²) in [6.45, 7) is 6.46. The summed E-state index contributed by atoms with van der Waals surface area (Å²) in [5, 5.41) is 0.175. The molecule has 1 aliphatic rings. The fraction of sp³-hybridized carbons (Fsp3) is 0.636. The molecule has 2 atom stereocenters. The standard InChI is InChI=1S/C11H17BIO3P/c1-7(6-11(2,3)12(13)17)4-8-5-9(14)16-10(8)15/h4,7H,5-6,17H2,1-3H3/b8-4+. The highest BCUT2D eigenvalue weighted by Gasteiger charge is 2.31. The Morgan fingerprint density at radius 1 is 1.59 bits per heavy atom. The van der Waals surface area contributed by atoms with E-state index in [0.29, 0.717) is 9.86 Å². The molecule has 0 aliphatic carbocycles. The van der Waals surface area contributed by atoms with Gasteiger partial charge in [-0.1, -0.05) is 26.8 Å². The third kappa shape index (κ3) is 4.36. The summed E-state index contributed by atoms with van der Waals surface area (Å²) in [5.41, 5.74) is 0.507. The van der Waals surface area contributed by atoms with Gasteiger partial charge in [-0.05, 0) is 17.7 Å². The molecule has 0 saturated carbocycles. The predicted octanol–water partition coefficient (Wildman–Crippen LogP) is 2.99. The molecular weight excluding hydrogens is 349 g/mol. The van der Waals surface area contributed by atoms with Gasteiger partial charge in [-0.25, -0.2) is 4.79 Å². The predicted molar refractivity (Wildman–Crippen MR) is 81.1 cm³/mol. The molecule has 1 rings (SSSR count). The molecule has 0 spiro atoms. The summed E-state index contributed by atoms with van der Waals surface area (Å²) in [5.74, 6) is -0.654. The van der Waals surface area contributed by atoms with Crippen LogP contribution in [0.25, 0.3) is 0 Å². The lowest BCUT2D eigenvalue weighted by molar-refractivity contribution is -0.151. The van der Waals surface area contributed by atoms with E-state index in [-0.39, 0.29) is 17.7 Å². The Labute approximate surface area is 118 Å². The van der Waals surface area contributed by atoms with Gasteiger partial charge in [0.15, 0.2) is 0 Å². The van der Waals surface area contributed by atoms with Gasteiger partial charge in [-0.2, -0.15) is 9.12 Å². The number of rotatable bonds is 4. The van der Waals surface area contributed by atoms with E-state index in [9.17, 15) is 9.59 Å². The van der Waals surface area contributed by atoms with Gasteiger partial charge >= 0.3 is 11.9 Å². The number of hydrogen-bond donors (Lipinski definition) is 0. The lowest BCUT2D eigenvalue weighted by Gasteiger charge is -2.28. The maximum Gasteiger partial charge on any atom is 0.341 e. The molecule has 6 heteroatoms. The van der Waals surface area contributed by atoms with Crippen molar-refractivity contribution in [2.75, 3.05) is 0 Å². The zero-order valence-corrected chi connectivity index (χ0v) is 13.6. The monoisotopic (exact) mass is 366 g/mol. The second-order valence-electron chi connectivity index (χ2n) is 5.20. The smallest absolute Gasteiger partial charge is 0.341 e. The van der Waals surface area contributed by atoms with Crippen molar-refractivity contribution in [2.45, 2.75) is 38.9 Å². The highest BCUT2D eigenvalue weighted by Crippen LogP contribution is 2.42. The SMILES string of the molecule is CC(/C=C1\CC(=O)OC1=O)CC(C)(C)B(P)I. The third-order valence-electron chi connectivity index (χ3n) is 2.88. The Kier molecular flexibility index (Phi) is 5.20. The van der Waals surface area contributed by atoms with E-state index in [0.717, 1.165) is 6.42 Å². The zero-order chi connectivity index (χ0) is 13.2. The fourth-order valence-electron chi connectivity index (χ4n) is 1.90. The Hall–Kier alpha value is 0.105. The van der Waals surface area contributed by atoms with Crippen LogP contribution < -0.4 is 0 Å². The van der Waals surface area contributed by atoms with Crippen LogP contribution in [0.4, 0.5) is 0 Å². The molecule has 0 N–H and O–H groups in total. The number of carbonyl (C=O) groups excluding carboxylic acids is 2. The van der Waals surface area contributed by atoms with Gasteiger partial charge in [0.2, 0.25) is 4.29 Å². The minimum Gasteiger partial charge on any atom is -0.389 e. The average Bonchev–Trinajstić information content (AvgIpc) is 2.43. The summed E-state index contributed by atoms with van der Waals surface area (Å²) < 4.78 is 4.97. The number of halogens is 1. The van der Waals surface area contributed by atoms with E-state index in [2.05, 4.69) is 57.0 Å².